The molecule has 8 bridgehead atoms. The van der Waals surface area contributed by atoms with Gasteiger partial charge >= 0.3 is 17.1 Å². The van der Waals surface area contributed by atoms with Crippen molar-refractivity contribution in [1.29, 1.82) is 0 Å². The van der Waals surface area contributed by atoms with Gasteiger partial charge in [0.1, 0.15) is 9.79 Å². The quantitative estimate of drug-likeness (QED) is 0.0376. The van der Waals surface area contributed by atoms with Crippen molar-refractivity contribution in [3.05, 3.63) is 122 Å². The van der Waals surface area contributed by atoms with E-state index < -0.39 is 208 Å². The first-order chi connectivity index (χ1) is 29.8. The van der Waals surface area contributed by atoms with E-state index in [0.29, 0.717) is 12.2 Å². The summed E-state index contributed by atoms with van der Waals surface area (Å²) in [4.78, 5) is 7.14. The van der Waals surface area contributed by atoms with Crippen LogP contribution in [0.3, 0.4) is 0 Å². The summed E-state index contributed by atoms with van der Waals surface area (Å²) in [6.07, 6.45) is -0.633. The van der Waals surface area contributed by atoms with Gasteiger partial charge in [0.15, 0.2) is 69.8 Å². The van der Waals surface area contributed by atoms with E-state index in [1.165, 1.54) is 0 Å². The minimum absolute atomic E-state index is 0. The summed E-state index contributed by atoms with van der Waals surface area (Å²) in [7, 11) is -11.7. The van der Waals surface area contributed by atoms with Crippen LogP contribution in [-0.4, -0.2) is 45.9 Å². The zero-order valence-electron chi connectivity index (χ0n) is 30.6. The smallest absolute Gasteiger partial charge is 0.361 e. The normalized spacial score (nSPS) is 12.9. The van der Waals surface area contributed by atoms with Gasteiger partial charge in [-0.1, -0.05) is 0 Å². The number of hydrogen-bond donors (Lipinski definition) is 5. The third-order valence-corrected chi connectivity index (χ3v) is 11.7. The second-order valence-electron chi connectivity index (χ2n) is 13.6. The summed E-state index contributed by atoms with van der Waals surface area (Å²) >= 11 is 0. The molecule has 28 heteroatoms. The van der Waals surface area contributed by atoms with Crippen molar-refractivity contribution in [3.8, 4) is 33.4 Å². The zero-order chi connectivity index (χ0) is 47.0. The second-order valence-corrected chi connectivity index (χ2v) is 16.3. The molecule has 0 radical (unpaired) electrons. The maximum atomic E-state index is 15.8. The monoisotopic (exact) mass is 1010 g/mol. The van der Waals surface area contributed by atoms with Crippen molar-refractivity contribution < 1.29 is 109 Å². The standard InChI is InChI=1S/C37H13F15N4O6S2.Mn/c38-21-18(22(39)28(45)33(50)27(21)44)15-7-1-2-9(53-7)16(19-23(40)29(46)34(51)30(47)24(19)41)11-5-13(63(57,58)59)36(55-11)12-6-14(64(60,61)62)37(56-12)17(10-4-3-8(15)54-10)20-25(42)31(48)35(52)32(49)26(20)43;/h1-2,5-6,54-56H,3-4H2,(H,57,58,59)(H,60,61,62);/q;+3. The van der Waals surface area contributed by atoms with Gasteiger partial charge in [0.2, 0.25) is 17.5 Å². The number of hydrogen-bond acceptors (Lipinski definition) is 5. The summed E-state index contributed by atoms with van der Waals surface area (Å²) in [6, 6.07) is 0.403. The number of aromatic nitrogens is 4. The van der Waals surface area contributed by atoms with Crippen molar-refractivity contribution in [3.63, 3.8) is 0 Å². The number of H-pyrrole nitrogens is 3. The Bertz CT molecular complexity index is 3510. The Morgan fingerprint density at radius 1 is 0.400 bits per heavy atom. The van der Waals surface area contributed by atoms with Crippen molar-refractivity contribution in [1.82, 2.24) is 19.9 Å². The Morgan fingerprint density at radius 3 is 1.12 bits per heavy atom. The molecule has 0 fully saturated rings. The molecule has 65 heavy (non-hydrogen) atoms. The third kappa shape index (κ3) is 7.09. The number of rotatable bonds is 5. The molecule has 0 saturated carbocycles. The number of aryl methyl sites for hydroxylation is 2. The first kappa shape index (κ1) is 46.9. The van der Waals surface area contributed by atoms with E-state index in [9.17, 15) is 65.5 Å². The van der Waals surface area contributed by atoms with Gasteiger partial charge in [0.25, 0.3) is 20.2 Å². The SMILES string of the molecule is O=S(=O)(O)c1cc2[nH]c1c(-c1c(F)c(F)c(F)c(F)c1F)c1[nH]c(c(-c3c(F)c(F)c(F)c(F)c3F)c3nc(c(-c4c(F)c(F)c(F)c(F)c4F)c4cc(S(=O)(=O)O)c2[nH]4)C=C3)CC1.[Mn+3]. The number of halogens is 15. The maximum Gasteiger partial charge on any atom is 3.00 e. The maximum absolute atomic E-state index is 15.8. The molecule has 0 aliphatic carbocycles. The van der Waals surface area contributed by atoms with E-state index in [2.05, 4.69) is 19.9 Å². The first-order valence-corrected chi connectivity index (χ1v) is 19.9. The molecule has 0 unspecified atom stereocenters. The number of nitrogens with zero attached hydrogens (tertiary/aromatic N) is 1. The molecule has 2 aliphatic heterocycles. The molecule has 0 spiro atoms. The van der Waals surface area contributed by atoms with Gasteiger partial charge in [-0.15, -0.1) is 0 Å². The first-order valence-electron chi connectivity index (χ1n) is 17.0. The second kappa shape index (κ2) is 15.8. The topological polar surface area (TPSA) is 169 Å². The van der Waals surface area contributed by atoms with Crippen molar-refractivity contribution in [2.75, 3.05) is 0 Å². The summed E-state index contributed by atoms with van der Waals surface area (Å²) in [5, 5.41) is 0. The van der Waals surface area contributed by atoms with Gasteiger partial charge in [-0.25, -0.2) is 70.8 Å². The van der Waals surface area contributed by atoms with E-state index in [4.69, 9.17) is 0 Å². The van der Waals surface area contributed by atoms with Crippen LogP contribution in [0, 0.1) is 87.3 Å². The van der Waals surface area contributed by atoms with E-state index >= 15 is 26.3 Å². The van der Waals surface area contributed by atoms with Crippen LogP contribution in [0.5, 0.6) is 0 Å². The molecule has 2 aliphatic rings. The van der Waals surface area contributed by atoms with Gasteiger partial charge in [-0.05, 0) is 37.1 Å². The van der Waals surface area contributed by atoms with Gasteiger partial charge < -0.3 is 15.0 Å². The molecule has 10 nitrogen and oxygen atoms in total. The Labute approximate surface area is 360 Å². The minimum Gasteiger partial charge on any atom is -0.361 e. The molecule has 6 aromatic rings. The molecule has 3 aromatic heterocycles. The summed E-state index contributed by atoms with van der Waals surface area (Å²) in [6.45, 7) is 0. The van der Waals surface area contributed by atoms with Gasteiger partial charge in [0.05, 0.1) is 50.1 Å². The Kier molecular flexibility index (Phi) is 11.4. The number of benzene rings is 3. The number of fused-ring (bicyclic) bond motifs is 9. The minimum atomic E-state index is -5.89. The van der Waals surface area contributed by atoms with Crippen LogP contribution in [0.4, 0.5) is 65.9 Å². The third-order valence-electron chi connectivity index (χ3n) is 9.97. The van der Waals surface area contributed by atoms with Crippen molar-refractivity contribution in [2.45, 2.75) is 22.6 Å². The fraction of sp³-hybridized carbons (Fsp3) is 0.0541. The van der Waals surface area contributed by atoms with E-state index in [0.717, 1.165) is 0 Å². The molecule has 5 N–H and O–H groups in total. The summed E-state index contributed by atoms with van der Waals surface area (Å²) in [5.74, 6) is -40.2. The fourth-order valence-electron chi connectivity index (χ4n) is 7.24. The number of aromatic amines is 3. The van der Waals surface area contributed by atoms with Gasteiger partial charge in [-0.3, -0.25) is 9.11 Å². The Balaban J connectivity index is 0.00000630. The van der Waals surface area contributed by atoms with E-state index in [-0.39, 0.29) is 29.2 Å². The summed E-state index contributed by atoms with van der Waals surface area (Å²) in [5.41, 5.74) is -18.8. The fourth-order valence-corrected chi connectivity index (χ4v) is 8.60. The van der Waals surface area contributed by atoms with Crippen LogP contribution in [0.1, 0.15) is 22.8 Å². The molecule has 338 valence electrons. The van der Waals surface area contributed by atoms with Gasteiger partial charge in [0, 0.05) is 28.1 Å². The molecule has 3 aromatic carbocycles. The van der Waals surface area contributed by atoms with E-state index in [1.54, 1.807) is 0 Å². The molecule has 5 heterocycles. The predicted molar refractivity (Wildman–Crippen MR) is 189 cm³/mol. The van der Waals surface area contributed by atoms with E-state index in [1.807, 2.05) is 0 Å². The van der Waals surface area contributed by atoms with Crippen LogP contribution in [0.15, 0.2) is 21.9 Å². The predicted octanol–water partition coefficient (Wildman–Crippen LogP) is 9.78. The average molecular weight is 1010 g/mol. The zero-order valence-corrected chi connectivity index (χ0v) is 33.4. The van der Waals surface area contributed by atoms with Crippen LogP contribution in [-0.2, 0) is 50.1 Å². The average Bonchev–Trinajstić information content (AvgIpc) is 4.07. The van der Waals surface area contributed by atoms with Crippen LogP contribution < -0.4 is 0 Å². The molecule has 8 rings (SSSR count). The largest absolute Gasteiger partial charge is 3.00 e. The molecule has 0 saturated heterocycles. The Morgan fingerprint density at radius 2 is 0.708 bits per heavy atom. The molecule has 0 atom stereocenters. The molecular weight excluding hydrogens is 1000 g/mol. The van der Waals surface area contributed by atoms with Gasteiger partial charge in [-0.2, -0.15) is 16.8 Å². The van der Waals surface area contributed by atoms with Crippen LogP contribution in [0.2, 0.25) is 0 Å². The molecular formula is C37H13F15MnN4O6S2+3. The van der Waals surface area contributed by atoms with Crippen LogP contribution >= 0.6 is 0 Å². The Hall–Kier alpha value is -6.06. The van der Waals surface area contributed by atoms with Crippen molar-refractivity contribution >= 4 is 54.5 Å². The van der Waals surface area contributed by atoms with Crippen molar-refractivity contribution in [2.24, 2.45) is 0 Å². The molecule has 0 amide bonds. The number of nitrogens with one attached hydrogen (secondary N) is 3. The van der Waals surface area contributed by atoms with Crippen LogP contribution in [0.25, 0.3) is 67.6 Å². The summed E-state index contributed by atoms with van der Waals surface area (Å²) < 4.78 is 299.